The van der Waals surface area contributed by atoms with Crippen LogP contribution in [-0.4, -0.2) is 43.6 Å². The monoisotopic (exact) mass is 317 g/mol. The molecule has 1 N–H and O–H groups in total. The van der Waals surface area contributed by atoms with Crippen molar-refractivity contribution in [3.8, 4) is 0 Å². The number of methoxy groups -OCH3 is 1. The summed E-state index contributed by atoms with van der Waals surface area (Å²) in [5.41, 5.74) is -0.348. The largest absolute Gasteiger partial charge is 0.392 e. The maximum Gasteiger partial charge on any atom is 0.243 e. The third-order valence-corrected chi connectivity index (χ3v) is 5.86. The molecule has 1 aromatic rings. The first-order valence-corrected chi connectivity index (χ1v) is 8.21. The Balaban J connectivity index is 2.40. The Morgan fingerprint density at radius 3 is 2.81 bits per heavy atom. The molecule has 1 fully saturated rings. The lowest BCUT2D eigenvalue weighted by Crippen LogP contribution is -2.49. The molecule has 0 radical (unpaired) electrons. The van der Waals surface area contributed by atoms with Gasteiger partial charge in [-0.1, -0.05) is 6.07 Å². The van der Waals surface area contributed by atoms with Crippen LogP contribution in [0.1, 0.15) is 25.3 Å². The number of benzene rings is 1. The minimum atomic E-state index is -3.86. The number of aliphatic hydroxyl groups is 1. The van der Waals surface area contributed by atoms with E-state index in [4.69, 9.17) is 4.74 Å². The van der Waals surface area contributed by atoms with Crippen molar-refractivity contribution in [1.82, 2.24) is 4.31 Å². The Morgan fingerprint density at radius 2 is 2.19 bits per heavy atom. The third kappa shape index (κ3) is 3.26. The van der Waals surface area contributed by atoms with Crippen LogP contribution in [0.2, 0.25) is 0 Å². The van der Waals surface area contributed by atoms with Gasteiger partial charge in [-0.15, -0.1) is 0 Å². The highest BCUT2D eigenvalue weighted by Gasteiger charge is 2.37. The molecule has 21 heavy (non-hydrogen) atoms. The molecule has 1 heterocycles. The summed E-state index contributed by atoms with van der Waals surface area (Å²) in [4.78, 5) is -0.176. The molecule has 0 bridgehead atoms. The highest BCUT2D eigenvalue weighted by atomic mass is 32.2. The molecule has 0 saturated carbocycles. The van der Waals surface area contributed by atoms with Gasteiger partial charge in [-0.25, -0.2) is 12.8 Å². The van der Waals surface area contributed by atoms with E-state index in [9.17, 15) is 17.9 Å². The maximum absolute atomic E-state index is 13.4. The average molecular weight is 317 g/mol. The fourth-order valence-electron chi connectivity index (χ4n) is 2.57. The molecule has 7 heteroatoms. The first-order valence-electron chi connectivity index (χ1n) is 6.77. The van der Waals surface area contributed by atoms with E-state index in [0.717, 1.165) is 18.6 Å². The number of sulfonamides is 1. The highest BCUT2D eigenvalue weighted by Crippen LogP contribution is 2.29. The van der Waals surface area contributed by atoms with Gasteiger partial charge in [0, 0.05) is 20.2 Å². The van der Waals surface area contributed by atoms with Crippen molar-refractivity contribution < 1.29 is 22.7 Å². The van der Waals surface area contributed by atoms with E-state index >= 15 is 0 Å². The predicted molar refractivity (Wildman–Crippen MR) is 75.7 cm³/mol. The van der Waals surface area contributed by atoms with E-state index in [0.29, 0.717) is 13.0 Å². The minimum Gasteiger partial charge on any atom is -0.392 e. The first-order chi connectivity index (χ1) is 9.82. The molecule has 1 unspecified atom stereocenters. The second kappa shape index (κ2) is 6.00. The zero-order chi connectivity index (χ0) is 15.7. The van der Waals surface area contributed by atoms with Gasteiger partial charge < -0.3 is 9.84 Å². The van der Waals surface area contributed by atoms with Crippen LogP contribution in [0.5, 0.6) is 0 Å². The molecular weight excluding hydrogens is 297 g/mol. The quantitative estimate of drug-likeness (QED) is 0.914. The summed E-state index contributed by atoms with van der Waals surface area (Å²) < 4.78 is 45.5. The Hall–Kier alpha value is -1.02. The van der Waals surface area contributed by atoms with Gasteiger partial charge in [-0.3, -0.25) is 0 Å². The normalized spacial score (nSPS) is 24.2. The molecular formula is C14H20FNO4S. The summed E-state index contributed by atoms with van der Waals surface area (Å²) in [6, 6.07) is 3.39. The summed E-state index contributed by atoms with van der Waals surface area (Å²) in [6.07, 6.45) is 1.44. The molecule has 1 aromatic carbocycles. The Bertz CT molecular complexity index is 619. The third-order valence-electron chi connectivity index (χ3n) is 3.93. The smallest absolute Gasteiger partial charge is 0.243 e. The van der Waals surface area contributed by atoms with Gasteiger partial charge in [-0.2, -0.15) is 4.31 Å². The van der Waals surface area contributed by atoms with Crippen LogP contribution in [0, 0.1) is 5.82 Å². The molecule has 1 atom stereocenters. The summed E-state index contributed by atoms with van der Waals surface area (Å²) in [5, 5.41) is 9.29. The number of hydrogen-bond acceptors (Lipinski definition) is 4. The number of halogens is 1. The van der Waals surface area contributed by atoms with Gasteiger partial charge in [0.15, 0.2) is 0 Å². The van der Waals surface area contributed by atoms with Crippen molar-refractivity contribution in [2.75, 3.05) is 20.2 Å². The summed E-state index contributed by atoms with van der Waals surface area (Å²) >= 11 is 0. The topological polar surface area (TPSA) is 66.8 Å². The standard InChI is InChI=1S/C14H20FNO4S/c1-14(20-2)6-3-7-16(10-14)21(18,19)13-8-12(15)5-4-11(13)9-17/h4-5,8,17H,3,6-7,9-10H2,1-2H3. The van der Waals surface area contributed by atoms with Crippen molar-refractivity contribution in [3.63, 3.8) is 0 Å². The van der Waals surface area contributed by atoms with Crippen LogP contribution < -0.4 is 0 Å². The van der Waals surface area contributed by atoms with Crippen LogP contribution in [0.25, 0.3) is 0 Å². The summed E-state index contributed by atoms with van der Waals surface area (Å²) in [6.45, 7) is 1.98. The lowest BCUT2D eigenvalue weighted by Gasteiger charge is -2.38. The van der Waals surface area contributed by atoms with Gasteiger partial charge >= 0.3 is 0 Å². The Labute approximate surface area is 124 Å². The molecule has 0 aliphatic carbocycles. The predicted octanol–water partition coefficient (Wildman–Crippen LogP) is 1.51. The van der Waals surface area contributed by atoms with E-state index in [-0.39, 0.29) is 17.0 Å². The molecule has 1 aliphatic rings. The number of piperidine rings is 1. The Morgan fingerprint density at radius 1 is 1.48 bits per heavy atom. The van der Waals surface area contributed by atoms with Gasteiger partial charge in [0.25, 0.3) is 0 Å². The second-order valence-electron chi connectivity index (χ2n) is 5.51. The fraction of sp³-hybridized carbons (Fsp3) is 0.571. The molecule has 5 nitrogen and oxygen atoms in total. The Kier molecular flexibility index (Phi) is 4.67. The molecule has 2 rings (SSSR count). The lowest BCUT2D eigenvalue weighted by molar-refractivity contribution is -0.0319. The van der Waals surface area contributed by atoms with E-state index in [2.05, 4.69) is 0 Å². The molecule has 118 valence electrons. The van der Waals surface area contributed by atoms with Crippen molar-refractivity contribution in [2.45, 2.75) is 36.9 Å². The van der Waals surface area contributed by atoms with E-state index in [1.807, 2.05) is 6.92 Å². The zero-order valence-electron chi connectivity index (χ0n) is 12.2. The summed E-state index contributed by atoms with van der Waals surface area (Å²) in [5.74, 6) is -0.641. The number of nitrogens with zero attached hydrogens (tertiary/aromatic N) is 1. The van der Waals surface area contributed by atoms with Gasteiger partial charge in [0.2, 0.25) is 10.0 Å². The number of hydrogen-bond donors (Lipinski definition) is 1. The maximum atomic E-state index is 13.4. The second-order valence-corrected chi connectivity index (χ2v) is 7.41. The summed E-state index contributed by atoms with van der Waals surface area (Å²) in [7, 11) is -2.30. The van der Waals surface area contributed by atoms with E-state index in [1.54, 1.807) is 7.11 Å². The first kappa shape index (κ1) is 16.4. The van der Waals surface area contributed by atoms with Crippen LogP contribution in [0.3, 0.4) is 0 Å². The molecule has 1 aliphatic heterocycles. The number of rotatable bonds is 4. The van der Waals surface area contributed by atoms with Crippen LogP contribution in [-0.2, 0) is 21.4 Å². The molecule has 0 aromatic heterocycles. The van der Waals surface area contributed by atoms with Gasteiger partial charge in [0.05, 0.1) is 17.1 Å². The zero-order valence-corrected chi connectivity index (χ0v) is 13.0. The van der Waals surface area contributed by atoms with Crippen molar-refractivity contribution in [2.24, 2.45) is 0 Å². The molecule has 0 spiro atoms. The fourth-order valence-corrected chi connectivity index (χ4v) is 4.39. The number of aliphatic hydroxyl groups excluding tert-OH is 1. The molecule has 0 amide bonds. The van der Waals surface area contributed by atoms with Crippen LogP contribution >= 0.6 is 0 Å². The lowest BCUT2D eigenvalue weighted by atomic mass is 9.96. The average Bonchev–Trinajstić information content (AvgIpc) is 2.47. The van der Waals surface area contributed by atoms with Gasteiger partial charge in [-0.05, 0) is 37.5 Å². The van der Waals surface area contributed by atoms with Gasteiger partial charge in [0.1, 0.15) is 5.82 Å². The van der Waals surface area contributed by atoms with Crippen molar-refractivity contribution in [3.05, 3.63) is 29.6 Å². The molecule has 1 saturated heterocycles. The number of ether oxygens (including phenoxy) is 1. The van der Waals surface area contributed by atoms with Crippen molar-refractivity contribution >= 4 is 10.0 Å². The highest BCUT2D eigenvalue weighted by molar-refractivity contribution is 7.89. The van der Waals surface area contributed by atoms with E-state index in [1.165, 1.54) is 10.4 Å². The van der Waals surface area contributed by atoms with Crippen LogP contribution in [0.4, 0.5) is 4.39 Å². The minimum absolute atomic E-state index is 0.176. The van der Waals surface area contributed by atoms with Crippen LogP contribution in [0.15, 0.2) is 23.1 Å². The van der Waals surface area contributed by atoms with E-state index < -0.39 is 28.0 Å². The van der Waals surface area contributed by atoms with Crippen molar-refractivity contribution in [1.29, 1.82) is 0 Å². The SMILES string of the molecule is COC1(C)CCCN(S(=O)(=O)c2cc(F)ccc2CO)C1.